The van der Waals surface area contributed by atoms with Gasteiger partial charge in [-0.05, 0) is 30.3 Å². The maximum atomic E-state index is 12.8. The van der Waals surface area contributed by atoms with E-state index in [9.17, 15) is 18.0 Å². The number of hydrogen-bond donors (Lipinski definition) is 1. The van der Waals surface area contributed by atoms with Crippen molar-refractivity contribution in [3.8, 4) is 17.6 Å². The van der Waals surface area contributed by atoms with Gasteiger partial charge in [0.25, 0.3) is 5.91 Å². The van der Waals surface area contributed by atoms with Gasteiger partial charge in [-0.15, -0.1) is 0 Å². The number of nitriles is 1. The first kappa shape index (κ1) is 19.4. The average molecular weight is 385 g/mol. The van der Waals surface area contributed by atoms with Crippen molar-refractivity contribution in [1.82, 2.24) is 0 Å². The summed E-state index contributed by atoms with van der Waals surface area (Å²) in [6.45, 7) is -0.466. The number of ether oxygens (including phenoxy) is 2. The van der Waals surface area contributed by atoms with Crippen molar-refractivity contribution in [2.75, 3.05) is 19.0 Å². The Morgan fingerprint density at radius 1 is 1.23 bits per heavy atom. The highest BCUT2D eigenvalue weighted by molar-refractivity contribution is 6.31. The van der Waals surface area contributed by atoms with E-state index < -0.39 is 29.3 Å². The molecule has 0 radical (unpaired) electrons. The van der Waals surface area contributed by atoms with E-state index in [0.717, 1.165) is 12.1 Å². The van der Waals surface area contributed by atoms with Gasteiger partial charge < -0.3 is 14.8 Å². The van der Waals surface area contributed by atoms with E-state index >= 15 is 0 Å². The maximum absolute atomic E-state index is 12.8. The van der Waals surface area contributed by atoms with E-state index in [2.05, 4.69) is 5.32 Å². The van der Waals surface area contributed by atoms with Crippen molar-refractivity contribution >= 4 is 23.2 Å². The molecule has 0 aromatic heterocycles. The molecule has 0 fully saturated rings. The zero-order chi connectivity index (χ0) is 19.3. The molecule has 5 nitrogen and oxygen atoms in total. The molecule has 9 heteroatoms. The molecular weight excluding hydrogens is 373 g/mol. The zero-order valence-electron chi connectivity index (χ0n) is 13.4. The Morgan fingerprint density at radius 3 is 2.58 bits per heavy atom. The van der Waals surface area contributed by atoms with E-state index in [1.807, 2.05) is 6.07 Å². The molecule has 0 saturated carbocycles. The van der Waals surface area contributed by atoms with Gasteiger partial charge in [-0.2, -0.15) is 18.4 Å². The van der Waals surface area contributed by atoms with Crippen molar-refractivity contribution in [2.24, 2.45) is 0 Å². The SMILES string of the molecule is COc1cc(C#N)ccc1OCC(=O)Nc1ccc(Cl)c(C(F)(F)F)c1. The van der Waals surface area contributed by atoms with E-state index in [4.69, 9.17) is 26.3 Å². The number of benzene rings is 2. The Labute approximate surface area is 151 Å². The molecule has 1 amide bonds. The third-order valence-electron chi connectivity index (χ3n) is 3.21. The summed E-state index contributed by atoms with van der Waals surface area (Å²) in [6.07, 6.45) is -4.63. The van der Waals surface area contributed by atoms with Crippen molar-refractivity contribution in [3.63, 3.8) is 0 Å². The van der Waals surface area contributed by atoms with Crippen LogP contribution in [-0.2, 0) is 11.0 Å². The molecule has 1 N–H and O–H groups in total. The molecule has 2 aromatic rings. The number of amides is 1. The van der Waals surface area contributed by atoms with Crippen molar-refractivity contribution < 1.29 is 27.4 Å². The van der Waals surface area contributed by atoms with E-state index in [0.29, 0.717) is 5.56 Å². The largest absolute Gasteiger partial charge is 0.493 e. The highest BCUT2D eigenvalue weighted by Crippen LogP contribution is 2.36. The van der Waals surface area contributed by atoms with Gasteiger partial charge in [0.2, 0.25) is 0 Å². The van der Waals surface area contributed by atoms with Crippen LogP contribution in [0, 0.1) is 11.3 Å². The molecule has 0 aliphatic rings. The fraction of sp³-hybridized carbons (Fsp3) is 0.176. The van der Waals surface area contributed by atoms with Gasteiger partial charge in [0.1, 0.15) is 0 Å². The molecule has 0 heterocycles. The molecule has 0 unspecified atom stereocenters. The predicted octanol–water partition coefficient (Wildman–Crippen LogP) is 4.26. The number of methoxy groups -OCH3 is 1. The molecular formula is C17H12ClF3N2O3. The monoisotopic (exact) mass is 384 g/mol. The number of nitrogens with zero attached hydrogens (tertiary/aromatic N) is 1. The summed E-state index contributed by atoms with van der Waals surface area (Å²) in [6, 6.07) is 9.33. The number of hydrogen-bond acceptors (Lipinski definition) is 4. The van der Waals surface area contributed by atoms with Crippen LogP contribution in [0.15, 0.2) is 36.4 Å². The number of alkyl halides is 3. The standard InChI is InChI=1S/C17H12ClF3N2O3/c1-25-15-6-10(8-22)2-5-14(15)26-9-16(24)23-11-3-4-13(18)12(7-11)17(19,20)21/h2-7H,9H2,1H3,(H,23,24). The van der Waals surface area contributed by atoms with Crippen LogP contribution < -0.4 is 14.8 Å². The van der Waals surface area contributed by atoms with Crippen LogP contribution in [0.4, 0.5) is 18.9 Å². The lowest BCUT2D eigenvalue weighted by Crippen LogP contribution is -2.20. The second kappa shape index (κ2) is 7.97. The molecule has 2 aromatic carbocycles. The minimum absolute atomic E-state index is 0.0675. The molecule has 0 saturated heterocycles. The Bertz CT molecular complexity index is 863. The second-order valence-electron chi connectivity index (χ2n) is 5.01. The van der Waals surface area contributed by atoms with Gasteiger partial charge in [-0.25, -0.2) is 0 Å². The second-order valence-corrected chi connectivity index (χ2v) is 5.41. The van der Waals surface area contributed by atoms with Crippen LogP contribution in [0.3, 0.4) is 0 Å². The van der Waals surface area contributed by atoms with E-state index in [1.165, 1.54) is 31.4 Å². The van der Waals surface area contributed by atoms with Gasteiger partial charge in [-0.3, -0.25) is 4.79 Å². The molecule has 136 valence electrons. The highest BCUT2D eigenvalue weighted by atomic mass is 35.5. The third-order valence-corrected chi connectivity index (χ3v) is 3.54. The first-order valence-corrected chi connectivity index (χ1v) is 7.50. The minimum Gasteiger partial charge on any atom is -0.493 e. The number of rotatable bonds is 5. The number of anilines is 1. The van der Waals surface area contributed by atoms with Crippen molar-refractivity contribution in [1.29, 1.82) is 5.26 Å². The van der Waals surface area contributed by atoms with E-state index in [-0.39, 0.29) is 17.2 Å². The van der Waals surface area contributed by atoms with Gasteiger partial charge in [-0.1, -0.05) is 11.6 Å². The summed E-state index contributed by atoms with van der Waals surface area (Å²) >= 11 is 5.52. The molecule has 0 atom stereocenters. The fourth-order valence-electron chi connectivity index (χ4n) is 2.02. The molecule has 0 aliphatic carbocycles. The van der Waals surface area contributed by atoms with Crippen molar-refractivity contribution in [3.05, 3.63) is 52.5 Å². The average Bonchev–Trinajstić information content (AvgIpc) is 2.60. The van der Waals surface area contributed by atoms with Crippen LogP contribution in [-0.4, -0.2) is 19.6 Å². The van der Waals surface area contributed by atoms with Crippen LogP contribution in [0.5, 0.6) is 11.5 Å². The lowest BCUT2D eigenvalue weighted by molar-refractivity contribution is -0.137. The number of halogens is 4. The summed E-state index contributed by atoms with van der Waals surface area (Å²) in [4.78, 5) is 11.9. The summed E-state index contributed by atoms with van der Waals surface area (Å²) in [5.41, 5.74) is -0.770. The smallest absolute Gasteiger partial charge is 0.417 e. The van der Waals surface area contributed by atoms with Crippen LogP contribution in [0.1, 0.15) is 11.1 Å². The topological polar surface area (TPSA) is 71.3 Å². The van der Waals surface area contributed by atoms with Crippen LogP contribution in [0.25, 0.3) is 0 Å². The molecule has 26 heavy (non-hydrogen) atoms. The molecule has 0 bridgehead atoms. The normalized spacial score (nSPS) is 10.8. The predicted molar refractivity (Wildman–Crippen MR) is 88.3 cm³/mol. The number of carbonyl (C=O) groups is 1. The highest BCUT2D eigenvalue weighted by Gasteiger charge is 2.33. The lowest BCUT2D eigenvalue weighted by atomic mass is 10.2. The first-order chi connectivity index (χ1) is 12.2. The van der Waals surface area contributed by atoms with Crippen LogP contribution >= 0.6 is 11.6 Å². The Balaban J connectivity index is 2.05. The third kappa shape index (κ3) is 4.80. The molecule has 2 rings (SSSR count). The summed E-state index contributed by atoms with van der Waals surface area (Å²) in [7, 11) is 1.37. The summed E-state index contributed by atoms with van der Waals surface area (Å²) in [5, 5.41) is 10.7. The zero-order valence-corrected chi connectivity index (χ0v) is 14.1. The number of carbonyl (C=O) groups excluding carboxylic acids is 1. The Morgan fingerprint density at radius 2 is 1.96 bits per heavy atom. The van der Waals surface area contributed by atoms with E-state index in [1.54, 1.807) is 0 Å². The first-order valence-electron chi connectivity index (χ1n) is 7.12. The summed E-state index contributed by atoms with van der Waals surface area (Å²) in [5.74, 6) is -0.205. The Hall–Kier alpha value is -2.92. The molecule has 0 spiro atoms. The minimum atomic E-state index is -4.63. The van der Waals surface area contributed by atoms with Gasteiger partial charge in [0.05, 0.1) is 29.3 Å². The lowest BCUT2D eigenvalue weighted by Gasteiger charge is -2.13. The van der Waals surface area contributed by atoms with Crippen molar-refractivity contribution in [2.45, 2.75) is 6.18 Å². The number of nitrogens with one attached hydrogen (secondary N) is 1. The summed E-state index contributed by atoms with van der Waals surface area (Å²) < 4.78 is 48.8. The maximum Gasteiger partial charge on any atom is 0.417 e. The quantitative estimate of drug-likeness (QED) is 0.836. The van der Waals surface area contributed by atoms with Gasteiger partial charge >= 0.3 is 6.18 Å². The van der Waals surface area contributed by atoms with Crippen LogP contribution in [0.2, 0.25) is 5.02 Å². The van der Waals surface area contributed by atoms with Gasteiger partial charge in [0, 0.05) is 11.8 Å². The van der Waals surface area contributed by atoms with Gasteiger partial charge in [0.15, 0.2) is 18.1 Å². The Kier molecular flexibility index (Phi) is 5.95. The molecule has 0 aliphatic heterocycles. The fourth-order valence-corrected chi connectivity index (χ4v) is 2.24.